The lowest BCUT2D eigenvalue weighted by atomic mass is 10.1. The van der Waals surface area contributed by atoms with Crippen LogP contribution in [-0.4, -0.2) is 12.6 Å². The van der Waals surface area contributed by atoms with Crippen molar-refractivity contribution in [3.8, 4) is 0 Å². The van der Waals surface area contributed by atoms with E-state index in [1.165, 1.54) is 0 Å². The average molecular weight is 269 g/mol. The molecular weight excluding hydrogens is 259 g/mol. The summed E-state index contributed by atoms with van der Waals surface area (Å²) in [6, 6.07) is 8.79. The Labute approximate surface area is 109 Å². The van der Waals surface area contributed by atoms with Crippen LogP contribution in [0.4, 0.5) is 0 Å². The summed E-state index contributed by atoms with van der Waals surface area (Å²) in [5.74, 6) is -0.333. The number of halogens is 2. The lowest BCUT2D eigenvalue weighted by Gasteiger charge is -2.05. The van der Waals surface area contributed by atoms with Gasteiger partial charge in [0.15, 0.2) is 0 Å². The predicted molar refractivity (Wildman–Crippen MR) is 69.9 cm³/mol. The molecule has 17 heavy (non-hydrogen) atoms. The molecule has 0 bridgehead atoms. The number of benzene rings is 2. The maximum atomic E-state index is 11.6. The third-order valence-electron chi connectivity index (χ3n) is 2.39. The Kier molecular flexibility index (Phi) is 3.55. The van der Waals surface area contributed by atoms with Gasteiger partial charge in [0.2, 0.25) is 0 Å². The first kappa shape index (κ1) is 12.2. The molecule has 0 aliphatic heterocycles. The standard InChI is InChI=1S/C13H10Cl2O2/c1-2-17-13(16)9-4-3-8-6-11(14)12(15)7-10(8)5-9/h3-7H,2H2,1H3. The lowest BCUT2D eigenvalue weighted by Crippen LogP contribution is -2.04. The van der Waals surface area contributed by atoms with Crippen LogP contribution in [0.25, 0.3) is 10.8 Å². The Hall–Kier alpha value is -1.25. The number of carbonyl (C=O) groups excluding carboxylic acids is 1. The van der Waals surface area contributed by atoms with E-state index in [9.17, 15) is 4.79 Å². The predicted octanol–water partition coefficient (Wildman–Crippen LogP) is 4.32. The fourth-order valence-corrected chi connectivity index (χ4v) is 1.93. The molecule has 0 N–H and O–H groups in total. The zero-order valence-electron chi connectivity index (χ0n) is 9.17. The van der Waals surface area contributed by atoms with E-state index in [0.29, 0.717) is 22.2 Å². The van der Waals surface area contributed by atoms with Crippen molar-refractivity contribution < 1.29 is 9.53 Å². The summed E-state index contributed by atoms with van der Waals surface area (Å²) in [6.07, 6.45) is 0. The summed E-state index contributed by atoms with van der Waals surface area (Å²) in [5.41, 5.74) is 0.512. The van der Waals surface area contributed by atoms with Crippen LogP contribution in [0.15, 0.2) is 30.3 Å². The first-order chi connectivity index (χ1) is 8.11. The molecule has 0 saturated carbocycles. The van der Waals surface area contributed by atoms with Crippen molar-refractivity contribution in [1.82, 2.24) is 0 Å². The zero-order valence-corrected chi connectivity index (χ0v) is 10.7. The van der Waals surface area contributed by atoms with Gasteiger partial charge < -0.3 is 4.74 Å². The molecule has 0 aromatic heterocycles. The van der Waals surface area contributed by atoms with Gasteiger partial charge in [0, 0.05) is 0 Å². The highest BCUT2D eigenvalue weighted by atomic mass is 35.5. The minimum absolute atomic E-state index is 0.333. The second kappa shape index (κ2) is 4.94. The minimum atomic E-state index is -0.333. The van der Waals surface area contributed by atoms with Crippen molar-refractivity contribution in [2.24, 2.45) is 0 Å². The van der Waals surface area contributed by atoms with Gasteiger partial charge in [-0.15, -0.1) is 0 Å². The molecule has 2 aromatic rings. The summed E-state index contributed by atoms with van der Waals surface area (Å²) in [6.45, 7) is 2.13. The Morgan fingerprint density at radius 3 is 2.41 bits per heavy atom. The van der Waals surface area contributed by atoms with Gasteiger partial charge in [-0.1, -0.05) is 29.3 Å². The monoisotopic (exact) mass is 268 g/mol. The third-order valence-corrected chi connectivity index (χ3v) is 3.11. The van der Waals surface area contributed by atoms with E-state index < -0.39 is 0 Å². The van der Waals surface area contributed by atoms with Gasteiger partial charge in [-0.25, -0.2) is 4.79 Å². The molecule has 0 aliphatic rings. The van der Waals surface area contributed by atoms with Gasteiger partial charge >= 0.3 is 5.97 Å². The fourth-order valence-electron chi connectivity index (χ4n) is 1.58. The Morgan fingerprint density at radius 2 is 1.76 bits per heavy atom. The molecule has 0 spiro atoms. The quantitative estimate of drug-likeness (QED) is 0.759. The largest absolute Gasteiger partial charge is 0.462 e. The Balaban J connectivity index is 2.50. The summed E-state index contributed by atoms with van der Waals surface area (Å²) < 4.78 is 4.93. The minimum Gasteiger partial charge on any atom is -0.462 e. The van der Waals surface area contributed by atoms with Crippen molar-refractivity contribution in [3.05, 3.63) is 45.9 Å². The second-order valence-electron chi connectivity index (χ2n) is 3.55. The van der Waals surface area contributed by atoms with Crippen molar-refractivity contribution in [1.29, 1.82) is 0 Å². The van der Waals surface area contributed by atoms with E-state index in [-0.39, 0.29) is 5.97 Å². The van der Waals surface area contributed by atoms with Gasteiger partial charge in [-0.3, -0.25) is 0 Å². The Bertz CT molecular complexity index is 579. The zero-order chi connectivity index (χ0) is 12.4. The van der Waals surface area contributed by atoms with E-state index >= 15 is 0 Å². The molecule has 0 unspecified atom stereocenters. The van der Waals surface area contributed by atoms with Gasteiger partial charge in [-0.05, 0) is 42.0 Å². The van der Waals surface area contributed by atoms with E-state index in [1.54, 1.807) is 31.2 Å². The van der Waals surface area contributed by atoms with Crippen LogP contribution < -0.4 is 0 Å². The number of hydrogen-bond acceptors (Lipinski definition) is 2. The average Bonchev–Trinajstić information content (AvgIpc) is 2.30. The molecular formula is C13H10Cl2O2. The smallest absolute Gasteiger partial charge is 0.338 e. The molecule has 0 aliphatic carbocycles. The maximum Gasteiger partial charge on any atom is 0.338 e. The van der Waals surface area contributed by atoms with Gasteiger partial charge in [-0.2, -0.15) is 0 Å². The first-order valence-electron chi connectivity index (χ1n) is 5.17. The molecule has 0 radical (unpaired) electrons. The molecule has 0 saturated heterocycles. The third kappa shape index (κ3) is 2.54. The van der Waals surface area contributed by atoms with Crippen molar-refractivity contribution >= 4 is 39.9 Å². The van der Waals surface area contributed by atoms with E-state index in [2.05, 4.69) is 0 Å². The fraction of sp³-hybridized carbons (Fsp3) is 0.154. The number of esters is 1. The molecule has 2 aromatic carbocycles. The summed E-state index contributed by atoms with van der Waals surface area (Å²) in [7, 11) is 0. The van der Waals surface area contributed by atoms with Crippen molar-refractivity contribution in [2.45, 2.75) is 6.92 Å². The van der Waals surface area contributed by atoms with Crippen LogP contribution in [0, 0.1) is 0 Å². The van der Waals surface area contributed by atoms with E-state index in [0.717, 1.165) is 10.8 Å². The van der Waals surface area contributed by atoms with Gasteiger partial charge in [0.1, 0.15) is 0 Å². The highest BCUT2D eigenvalue weighted by Crippen LogP contribution is 2.28. The summed E-state index contributed by atoms with van der Waals surface area (Å²) >= 11 is 11.8. The van der Waals surface area contributed by atoms with Gasteiger partial charge in [0.25, 0.3) is 0 Å². The number of rotatable bonds is 2. The lowest BCUT2D eigenvalue weighted by molar-refractivity contribution is 0.0526. The van der Waals surface area contributed by atoms with Gasteiger partial charge in [0.05, 0.1) is 22.2 Å². The summed E-state index contributed by atoms with van der Waals surface area (Å²) in [4.78, 5) is 11.6. The highest BCUT2D eigenvalue weighted by molar-refractivity contribution is 6.42. The normalized spacial score (nSPS) is 10.5. The van der Waals surface area contributed by atoms with Crippen LogP contribution in [0.2, 0.25) is 10.0 Å². The number of ether oxygens (including phenoxy) is 1. The maximum absolute atomic E-state index is 11.6. The molecule has 4 heteroatoms. The number of fused-ring (bicyclic) bond motifs is 1. The summed E-state index contributed by atoms with van der Waals surface area (Å²) in [5, 5.41) is 2.78. The molecule has 0 fully saturated rings. The van der Waals surface area contributed by atoms with Crippen LogP contribution in [0.5, 0.6) is 0 Å². The highest BCUT2D eigenvalue weighted by Gasteiger charge is 2.08. The second-order valence-corrected chi connectivity index (χ2v) is 4.36. The molecule has 0 amide bonds. The first-order valence-corrected chi connectivity index (χ1v) is 5.93. The van der Waals surface area contributed by atoms with Crippen LogP contribution >= 0.6 is 23.2 Å². The number of hydrogen-bond donors (Lipinski definition) is 0. The van der Waals surface area contributed by atoms with E-state index in [1.807, 2.05) is 6.07 Å². The van der Waals surface area contributed by atoms with E-state index in [4.69, 9.17) is 27.9 Å². The topological polar surface area (TPSA) is 26.3 Å². The molecule has 0 atom stereocenters. The van der Waals surface area contributed by atoms with Crippen molar-refractivity contribution in [3.63, 3.8) is 0 Å². The molecule has 0 heterocycles. The van der Waals surface area contributed by atoms with Crippen molar-refractivity contribution in [2.75, 3.05) is 6.61 Å². The number of carbonyl (C=O) groups is 1. The van der Waals surface area contributed by atoms with Crippen LogP contribution in [-0.2, 0) is 4.74 Å². The molecule has 88 valence electrons. The van der Waals surface area contributed by atoms with Crippen LogP contribution in [0.3, 0.4) is 0 Å². The SMILES string of the molecule is CCOC(=O)c1ccc2cc(Cl)c(Cl)cc2c1. The van der Waals surface area contributed by atoms with Crippen LogP contribution in [0.1, 0.15) is 17.3 Å². The molecule has 2 rings (SSSR count). The Morgan fingerprint density at radius 1 is 1.12 bits per heavy atom. The molecule has 2 nitrogen and oxygen atoms in total.